The van der Waals surface area contributed by atoms with Crippen LogP contribution in [0, 0.1) is 5.41 Å². The van der Waals surface area contributed by atoms with E-state index < -0.39 is 11.0 Å². The number of carbonyl (C=O) groups excluding carboxylic acids is 1. The first-order valence-electron chi connectivity index (χ1n) is 4.69. The molecule has 1 unspecified atom stereocenters. The lowest BCUT2D eigenvalue weighted by Crippen LogP contribution is -2.46. The Kier molecular flexibility index (Phi) is 4.55. The van der Waals surface area contributed by atoms with Crippen molar-refractivity contribution in [3.63, 3.8) is 0 Å². The van der Waals surface area contributed by atoms with Gasteiger partial charge in [0.15, 0.2) is 0 Å². The van der Waals surface area contributed by atoms with Gasteiger partial charge in [0.05, 0.1) is 6.61 Å². The summed E-state index contributed by atoms with van der Waals surface area (Å²) in [5.41, 5.74) is -1.43. The lowest BCUT2D eigenvalue weighted by molar-refractivity contribution is -0.130. The quantitative estimate of drug-likeness (QED) is 0.701. The fraction of sp³-hybridized carbons (Fsp3) is 0.900. The number of nitrogens with one attached hydrogen (secondary N) is 1. The fourth-order valence-electron chi connectivity index (χ4n) is 0.898. The molecule has 0 saturated carbocycles. The predicted molar refractivity (Wildman–Crippen MR) is 55.0 cm³/mol. The van der Waals surface area contributed by atoms with Crippen molar-refractivity contribution in [2.75, 3.05) is 20.3 Å². The molecule has 4 nitrogen and oxygen atoms in total. The molecule has 0 rings (SSSR count). The molecule has 4 heteroatoms. The maximum absolute atomic E-state index is 11.5. The molecular weight excluding hydrogens is 182 g/mol. The van der Waals surface area contributed by atoms with Crippen molar-refractivity contribution in [3.05, 3.63) is 0 Å². The van der Waals surface area contributed by atoms with Crippen molar-refractivity contribution in [2.24, 2.45) is 5.41 Å². The van der Waals surface area contributed by atoms with E-state index in [4.69, 9.17) is 4.74 Å². The zero-order chi connectivity index (χ0) is 11.4. The molecule has 0 radical (unpaired) electrons. The Bertz CT molecular complexity index is 194. The lowest BCUT2D eigenvalue weighted by atomic mass is 9.95. The van der Waals surface area contributed by atoms with Crippen molar-refractivity contribution >= 4 is 5.91 Å². The van der Waals surface area contributed by atoms with E-state index in [-0.39, 0.29) is 19.1 Å². The molecule has 0 bridgehead atoms. The zero-order valence-electron chi connectivity index (χ0n) is 9.68. The maximum atomic E-state index is 11.5. The normalized spacial score (nSPS) is 16.1. The summed E-state index contributed by atoms with van der Waals surface area (Å²) in [5.74, 6) is -0.0751. The fourth-order valence-corrected chi connectivity index (χ4v) is 0.898. The van der Waals surface area contributed by atoms with Gasteiger partial charge in [0, 0.05) is 19.1 Å². The Labute approximate surface area is 85.6 Å². The average Bonchev–Trinajstić information content (AvgIpc) is 1.98. The van der Waals surface area contributed by atoms with E-state index in [1.54, 1.807) is 6.92 Å². The highest BCUT2D eigenvalue weighted by Gasteiger charge is 2.25. The van der Waals surface area contributed by atoms with Gasteiger partial charge < -0.3 is 15.2 Å². The third kappa shape index (κ3) is 5.19. The minimum atomic E-state index is -1.00. The molecule has 0 aliphatic heterocycles. The molecule has 1 amide bonds. The number of rotatable bonds is 4. The lowest BCUT2D eigenvalue weighted by Gasteiger charge is -2.25. The summed E-state index contributed by atoms with van der Waals surface area (Å²) >= 11 is 0. The van der Waals surface area contributed by atoms with E-state index in [1.807, 2.05) is 20.8 Å². The Morgan fingerprint density at radius 1 is 1.36 bits per heavy atom. The van der Waals surface area contributed by atoms with Crippen LogP contribution in [0.1, 0.15) is 27.7 Å². The van der Waals surface area contributed by atoms with Crippen LogP contribution in [0.15, 0.2) is 0 Å². The summed E-state index contributed by atoms with van der Waals surface area (Å²) in [6, 6.07) is 0. The summed E-state index contributed by atoms with van der Waals surface area (Å²) in [7, 11) is 1.51. The van der Waals surface area contributed by atoms with Crippen LogP contribution >= 0.6 is 0 Å². The molecule has 0 spiro atoms. The second-order valence-corrected chi connectivity index (χ2v) is 4.86. The molecular formula is C10H21NO3. The molecule has 0 aromatic rings. The molecule has 0 saturated heterocycles. The molecule has 84 valence electrons. The molecule has 0 aromatic carbocycles. The van der Waals surface area contributed by atoms with Crippen LogP contribution < -0.4 is 5.32 Å². The van der Waals surface area contributed by atoms with E-state index in [9.17, 15) is 9.90 Å². The Hall–Kier alpha value is -0.610. The number of aliphatic hydroxyl groups is 1. The summed E-state index contributed by atoms with van der Waals surface area (Å²) in [6.45, 7) is 7.52. The van der Waals surface area contributed by atoms with Gasteiger partial charge in [-0.25, -0.2) is 0 Å². The summed E-state index contributed by atoms with van der Waals surface area (Å²) < 4.78 is 4.82. The van der Waals surface area contributed by atoms with Crippen LogP contribution in [0.5, 0.6) is 0 Å². The Morgan fingerprint density at radius 2 is 1.86 bits per heavy atom. The standard InChI is InChI=1S/C10H21NO3/c1-9(2,3)8(12)11-6-10(4,13)7-14-5/h13H,6-7H2,1-5H3,(H,11,12). The summed E-state index contributed by atoms with van der Waals surface area (Å²) in [4.78, 5) is 11.5. The Morgan fingerprint density at radius 3 is 2.21 bits per heavy atom. The highest BCUT2D eigenvalue weighted by Crippen LogP contribution is 2.13. The van der Waals surface area contributed by atoms with Gasteiger partial charge in [0.2, 0.25) is 5.91 Å². The molecule has 1 atom stereocenters. The van der Waals surface area contributed by atoms with Gasteiger partial charge in [-0.15, -0.1) is 0 Å². The van der Waals surface area contributed by atoms with Crippen molar-refractivity contribution in [2.45, 2.75) is 33.3 Å². The highest BCUT2D eigenvalue weighted by atomic mass is 16.5. The molecule has 0 aromatic heterocycles. The topological polar surface area (TPSA) is 58.6 Å². The van der Waals surface area contributed by atoms with Crippen LogP contribution in [0.25, 0.3) is 0 Å². The van der Waals surface area contributed by atoms with Crippen LogP contribution in [0.4, 0.5) is 0 Å². The SMILES string of the molecule is COCC(C)(O)CNC(=O)C(C)(C)C. The number of hydrogen-bond donors (Lipinski definition) is 2. The first-order valence-corrected chi connectivity index (χ1v) is 4.69. The van der Waals surface area contributed by atoms with E-state index in [0.29, 0.717) is 0 Å². The summed E-state index contributed by atoms with van der Waals surface area (Å²) in [6.07, 6.45) is 0. The van der Waals surface area contributed by atoms with Gasteiger partial charge in [-0.2, -0.15) is 0 Å². The van der Waals surface area contributed by atoms with Crippen molar-refractivity contribution in [1.82, 2.24) is 5.32 Å². The zero-order valence-corrected chi connectivity index (χ0v) is 9.68. The first-order chi connectivity index (χ1) is 6.19. The first kappa shape index (κ1) is 13.4. The van der Waals surface area contributed by atoms with Gasteiger partial charge in [-0.3, -0.25) is 4.79 Å². The largest absolute Gasteiger partial charge is 0.386 e. The van der Waals surface area contributed by atoms with E-state index in [0.717, 1.165) is 0 Å². The van der Waals surface area contributed by atoms with Crippen molar-refractivity contribution < 1.29 is 14.6 Å². The molecule has 2 N–H and O–H groups in total. The molecule has 0 heterocycles. The molecule has 14 heavy (non-hydrogen) atoms. The predicted octanol–water partition coefficient (Wildman–Crippen LogP) is 0.546. The van der Waals surface area contributed by atoms with Gasteiger partial charge >= 0.3 is 0 Å². The van der Waals surface area contributed by atoms with Crippen LogP contribution in [-0.4, -0.2) is 36.9 Å². The average molecular weight is 203 g/mol. The monoisotopic (exact) mass is 203 g/mol. The second kappa shape index (κ2) is 4.75. The van der Waals surface area contributed by atoms with Gasteiger partial charge in [0.25, 0.3) is 0 Å². The molecule has 0 fully saturated rings. The summed E-state index contributed by atoms with van der Waals surface area (Å²) in [5, 5.41) is 12.4. The minimum Gasteiger partial charge on any atom is -0.386 e. The highest BCUT2D eigenvalue weighted by molar-refractivity contribution is 5.81. The third-order valence-corrected chi connectivity index (χ3v) is 1.77. The van der Waals surface area contributed by atoms with Crippen LogP contribution in [0.2, 0.25) is 0 Å². The smallest absolute Gasteiger partial charge is 0.225 e. The number of carbonyl (C=O) groups is 1. The molecule has 0 aliphatic carbocycles. The number of methoxy groups -OCH3 is 1. The number of amides is 1. The van der Waals surface area contributed by atoms with Gasteiger partial charge in [-0.1, -0.05) is 20.8 Å². The molecule has 0 aliphatic rings. The van der Waals surface area contributed by atoms with Crippen LogP contribution in [-0.2, 0) is 9.53 Å². The third-order valence-electron chi connectivity index (χ3n) is 1.77. The maximum Gasteiger partial charge on any atom is 0.225 e. The van der Waals surface area contributed by atoms with Crippen LogP contribution in [0.3, 0.4) is 0 Å². The Balaban J connectivity index is 4.00. The van der Waals surface area contributed by atoms with E-state index in [2.05, 4.69) is 5.32 Å². The van der Waals surface area contributed by atoms with E-state index >= 15 is 0 Å². The van der Waals surface area contributed by atoms with Gasteiger partial charge in [0.1, 0.15) is 5.60 Å². The number of ether oxygens (including phenoxy) is 1. The second-order valence-electron chi connectivity index (χ2n) is 4.86. The van der Waals surface area contributed by atoms with Crippen molar-refractivity contribution in [1.29, 1.82) is 0 Å². The van der Waals surface area contributed by atoms with E-state index in [1.165, 1.54) is 7.11 Å². The van der Waals surface area contributed by atoms with Gasteiger partial charge in [-0.05, 0) is 6.92 Å². The van der Waals surface area contributed by atoms with Crippen molar-refractivity contribution in [3.8, 4) is 0 Å². The number of hydrogen-bond acceptors (Lipinski definition) is 3. The minimum absolute atomic E-state index is 0.0751.